The molecular formula is C44H58N8O6. The molecule has 2 aromatic carbocycles. The Labute approximate surface area is 341 Å². The lowest BCUT2D eigenvalue weighted by molar-refractivity contribution is -0.129. The largest absolute Gasteiger partial charge is 0.388 e. The lowest BCUT2D eigenvalue weighted by Crippen LogP contribution is -2.62. The number of aliphatic hydroxyl groups excluding tert-OH is 2. The molecule has 0 bridgehead atoms. The molecule has 0 fully saturated rings. The summed E-state index contributed by atoms with van der Waals surface area (Å²) < 4.78 is 0. The van der Waals surface area contributed by atoms with E-state index in [1.807, 2.05) is 72.8 Å². The van der Waals surface area contributed by atoms with Gasteiger partial charge in [0, 0.05) is 52.0 Å². The van der Waals surface area contributed by atoms with Gasteiger partial charge in [-0.25, -0.2) is 9.59 Å². The zero-order valence-electron chi connectivity index (χ0n) is 34.2. The highest BCUT2D eigenvalue weighted by Crippen LogP contribution is 2.17. The zero-order valence-corrected chi connectivity index (χ0v) is 34.2. The second-order valence-electron chi connectivity index (χ2n) is 15.4. The molecule has 14 nitrogen and oxygen atoms in total. The van der Waals surface area contributed by atoms with Gasteiger partial charge in [0.1, 0.15) is 24.3 Å². The molecule has 4 rings (SSSR count). The van der Waals surface area contributed by atoms with Crippen LogP contribution < -0.4 is 21.3 Å². The third-order valence-corrected chi connectivity index (χ3v) is 9.86. The summed E-state index contributed by atoms with van der Waals surface area (Å²) in [6, 6.07) is 20.6. The second kappa shape index (κ2) is 22.2. The van der Waals surface area contributed by atoms with Crippen LogP contribution in [0.5, 0.6) is 0 Å². The van der Waals surface area contributed by atoms with E-state index in [9.17, 15) is 29.4 Å². The van der Waals surface area contributed by atoms with Crippen molar-refractivity contribution >= 4 is 23.9 Å². The maximum Gasteiger partial charge on any atom is 0.318 e. The van der Waals surface area contributed by atoms with Crippen molar-refractivity contribution in [1.29, 1.82) is 0 Å². The van der Waals surface area contributed by atoms with Gasteiger partial charge in [0.25, 0.3) is 0 Å². The number of rotatable bonds is 19. The summed E-state index contributed by atoms with van der Waals surface area (Å²) in [4.78, 5) is 65.8. The quantitative estimate of drug-likeness (QED) is 0.0829. The highest BCUT2D eigenvalue weighted by Gasteiger charge is 2.38. The monoisotopic (exact) mass is 794 g/mol. The molecule has 0 aliphatic rings. The first-order valence-electron chi connectivity index (χ1n) is 19.6. The normalized spacial score (nSPS) is 14.3. The Morgan fingerprint density at radius 3 is 1.19 bits per heavy atom. The number of carbonyl (C=O) groups excluding carboxylic acids is 4. The molecule has 2 aromatic heterocycles. The van der Waals surface area contributed by atoms with Gasteiger partial charge in [-0.2, -0.15) is 0 Å². The second-order valence-corrected chi connectivity index (χ2v) is 15.4. The van der Waals surface area contributed by atoms with E-state index < -0.39 is 60.3 Å². The van der Waals surface area contributed by atoms with Crippen LogP contribution in [0.3, 0.4) is 0 Å². The number of nitrogens with one attached hydrogen (secondary N) is 4. The maximum absolute atomic E-state index is 14.0. The van der Waals surface area contributed by atoms with Crippen molar-refractivity contribution in [3.05, 3.63) is 132 Å². The predicted octanol–water partition coefficient (Wildman–Crippen LogP) is 3.69. The fourth-order valence-corrected chi connectivity index (χ4v) is 6.50. The minimum absolute atomic E-state index is 0.129. The summed E-state index contributed by atoms with van der Waals surface area (Å²) in [6.45, 7) is 7.74. The summed E-state index contributed by atoms with van der Waals surface area (Å²) in [7, 11) is 3.24. The molecule has 0 saturated heterocycles. The first-order valence-corrected chi connectivity index (χ1v) is 19.6. The Hall–Kier alpha value is -5.86. The predicted molar refractivity (Wildman–Crippen MR) is 222 cm³/mol. The van der Waals surface area contributed by atoms with Crippen molar-refractivity contribution < 1.29 is 29.4 Å². The summed E-state index contributed by atoms with van der Waals surface area (Å²) in [5, 5.41) is 35.5. The maximum atomic E-state index is 14.0. The van der Waals surface area contributed by atoms with E-state index in [0.29, 0.717) is 0 Å². The third kappa shape index (κ3) is 13.7. The van der Waals surface area contributed by atoms with Crippen LogP contribution in [-0.2, 0) is 35.5 Å². The number of pyridine rings is 2. The van der Waals surface area contributed by atoms with Gasteiger partial charge in [-0.15, -0.1) is 0 Å². The molecule has 0 spiro atoms. The van der Waals surface area contributed by atoms with Crippen LogP contribution in [-0.4, -0.2) is 104 Å². The van der Waals surface area contributed by atoms with Gasteiger partial charge in [-0.05, 0) is 59.1 Å². The van der Waals surface area contributed by atoms with E-state index in [0.717, 1.165) is 22.3 Å². The van der Waals surface area contributed by atoms with Gasteiger partial charge in [0.05, 0.1) is 12.1 Å². The minimum atomic E-state index is -1.59. The molecule has 0 aliphatic heterocycles. The zero-order chi connectivity index (χ0) is 42.2. The fourth-order valence-electron chi connectivity index (χ4n) is 6.50. The van der Waals surface area contributed by atoms with Crippen molar-refractivity contribution in [2.45, 2.75) is 90.0 Å². The van der Waals surface area contributed by atoms with Gasteiger partial charge in [0.15, 0.2) is 0 Å². The summed E-state index contributed by atoms with van der Waals surface area (Å²) in [5.74, 6) is -1.78. The van der Waals surface area contributed by atoms with Crippen LogP contribution in [0, 0.1) is 11.8 Å². The lowest BCUT2D eigenvalue weighted by Gasteiger charge is -2.35. The molecular weight excluding hydrogens is 737 g/mol. The first-order chi connectivity index (χ1) is 27.7. The third-order valence-electron chi connectivity index (χ3n) is 9.86. The van der Waals surface area contributed by atoms with Crippen molar-refractivity contribution in [2.75, 3.05) is 14.1 Å². The molecule has 58 heavy (non-hydrogen) atoms. The molecule has 14 heteroatoms. The summed E-state index contributed by atoms with van der Waals surface area (Å²) in [5.41, 5.74) is 3.19. The average Bonchev–Trinajstić information content (AvgIpc) is 3.21. The Balaban J connectivity index is 1.56. The number of carbonyl (C=O) groups is 4. The Morgan fingerprint density at radius 1 is 0.534 bits per heavy atom. The Kier molecular flexibility index (Phi) is 17.1. The minimum Gasteiger partial charge on any atom is -0.388 e. The van der Waals surface area contributed by atoms with E-state index >= 15 is 0 Å². The molecule has 6 amide bonds. The SMILES string of the molecule is CC(C)C(NC(=O)N(C)Cc1cccnc1)C(=O)N[C@@H](Cc1ccccc1)[C@H](O)[C@@H](O)[C@H](Cc1ccccc1)NC(=O)C(NC(=O)N(C)Cc1cccnc1)C(C)C. The van der Waals surface area contributed by atoms with Crippen LogP contribution >= 0.6 is 0 Å². The molecule has 2 unspecified atom stereocenters. The number of hydrogen-bond donors (Lipinski definition) is 6. The van der Waals surface area contributed by atoms with Crippen molar-refractivity contribution in [2.24, 2.45) is 11.8 Å². The highest BCUT2D eigenvalue weighted by atomic mass is 16.3. The van der Waals surface area contributed by atoms with E-state index in [1.54, 1.807) is 78.7 Å². The number of hydrogen-bond acceptors (Lipinski definition) is 8. The van der Waals surface area contributed by atoms with Crippen LogP contribution in [0.4, 0.5) is 9.59 Å². The smallest absolute Gasteiger partial charge is 0.318 e. The van der Waals surface area contributed by atoms with Gasteiger partial charge >= 0.3 is 12.1 Å². The number of urea groups is 2. The lowest BCUT2D eigenvalue weighted by atomic mass is 9.90. The van der Waals surface area contributed by atoms with E-state index in [-0.39, 0.29) is 37.8 Å². The number of benzene rings is 2. The molecule has 0 saturated carbocycles. The van der Waals surface area contributed by atoms with Gasteiger partial charge in [-0.1, -0.05) is 100 Å². The molecule has 310 valence electrons. The Bertz CT molecular complexity index is 1730. The Morgan fingerprint density at radius 2 is 0.879 bits per heavy atom. The average molecular weight is 795 g/mol. The van der Waals surface area contributed by atoms with Crippen molar-refractivity contribution in [1.82, 2.24) is 41.0 Å². The van der Waals surface area contributed by atoms with Crippen molar-refractivity contribution in [3.8, 4) is 0 Å². The summed E-state index contributed by atoms with van der Waals surface area (Å²) in [6.07, 6.45) is 3.69. The first kappa shape index (κ1) is 44.8. The van der Waals surface area contributed by atoms with Gasteiger partial charge in [0.2, 0.25) is 11.8 Å². The highest BCUT2D eigenvalue weighted by molar-refractivity contribution is 5.88. The number of aromatic nitrogens is 2. The van der Waals surface area contributed by atoms with Crippen LogP contribution in [0.1, 0.15) is 49.9 Å². The van der Waals surface area contributed by atoms with E-state index in [4.69, 9.17) is 0 Å². The van der Waals surface area contributed by atoms with Gasteiger partial charge < -0.3 is 41.3 Å². The number of amides is 6. The molecule has 6 N–H and O–H groups in total. The van der Waals surface area contributed by atoms with Crippen LogP contribution in [0.15, 0.2) is 110 Å². The summed E-state index contributed by atoms with van der Waals surface area (Å²) >= 11 is 0. The standard InChI is InChI=1S/C44H58N8O6/c1-29(2)37(49-43(57)51(5)27-33-19-13-21-45-25-33)41(55)47-35(23-31-15-9-7-10-16-31)39(53)40(54)36(24-32-17-11-8-12-18-32)48-42(56)38(30(3)4)50-44(58)52(6)28-34-20-14-22-46-26-34/h7-22,25-26,29-30,35-40,53-54H,23-24,27-28H2,1-6H3,(H,47,55)(H,48,56)(H,49,57)(H,50,58)/t35-,36-,37?,38?,39-,40-/m0/s1. The van der Waals surface area contributed by atoms with E-state index in [1.165, 1.54) is 9.80 Å². The van der Waals surface area contributed by atoms with Crippen molar-refractivity contribution in [3.63, 3.8) is 0 Å². The van der Waals surface area contributed by atoms with Crippen LogP contribution in [0.25, 0.3) is 0 Å². The number of nitrogens with zero attached hydrogens (tertiary/aromatic N) is 4. The molecule has 6 atom stereocenters. The molecule has 4 aromatic rings. The number of aliphatic hydroxyl groups is 2. The molecule has 0 aliphatic carbocycles. The van der Waals surface area contributed by atoms with Crippen LogP contribution in [0.2, 0.25) is 0 Å². The van der Waals surface area contributed by atoms with E-state index in [2.05, 4.69) is 31.2 Å². The molecule has 2 heterocycles. The fraction of sp³-hybridized carbons (Fsp3) is 0.409. The topological polar surface area (TPSA) is 189 Å². The van der Waals surface area contributed by atoms with Gasteiger partial charge in [-0.3, -0.25) is 19.6 Å². The molecule has 0 radical (unpaired) electrons.